The Hall–Kier alpha value is -3.28. The van der Waals surface area contributed by atoms with Crippen LogP contribution in [0.1, 0.15) is 25.0 Å². The summed E-state index contributed by atoms with van der Waals surface area (Å²) in [7, 11) is 3.10. The SMILES string of the molecule is COc1ccc(C)cc1NC1=C(c2ccccc2OC)C(=O)N(C(C)C)C1=O. The molecule has 6 heteroatoms. The van der Waals surface area contributed by atoms with Crippen molar-refractivity contribution in [1.82, 2.24) is 4.90 Å². The third-order valence-corrected chi connectivity index (χ3v) is 4.62. The van der Waals surface area contributed by atoms with Gasteiger partial charge in [-0.2, -0.15) is 0 Å². The third-order valence-electron chi connectivity index (χ3n) is 4.62. The van der Waals surface area contributed by atoms with Crippen LogP contribution in [0.3, 0.4) is 0 Å². The number of hydrogen-bond donors (Lipinski definition) is 1. The van der Waals surface area contributed by atoms with Crippen molar-refractivity contribution < 1.29 is 19.1 Å². The average molecular weight is 380 g/mol. The summed E-state index contributed by atoms with van der Waals surface area (Å²) in [4.78, 5) is 27.6. The fraction of sp³-hybridized carbons (Fsp3) is 0.273. The van der Waals surface area contributed by atoms with E-state index in [0.29, 0.717) is 28.3 Å². The van der Waals surface area contributed by atoms with Gasteiger partial charge >= 0.3 is 0 Å². The molecule has 0 bridgehead atoms. The number of hydrogen-bond acceptors (Lipinski definition) is 5. The minimum Gasteiger partial charge on any atom is -0.496 e. The van der Waals surface area contributed by atoms with Gasteiger partial charge in [-0.25, -0.2) is 0 Å². The molecular weight excluding hydrogens is 356 g/mol. The number of ether oxygens (including phenoxy) is 2. The van der Waals surface area contributed by atoms with Crippen LogP contribution < -0.4 is 14.8 Å². The lowest BCUT2D eigenvalue weighted by Gasteiger charge is -2.19. The van der Waals surface area contributed by atoms with Gasteiger partial charge in [-0.15, -0.1) is 0 Å². The Kier molecular flexibility index (Phi) is 5.40. The van der Waals surface area contributed by atoms with E-state index in [1.165, 1.54) is 12.0 Å². The number of rotatable bonds is 6. The van der Waals surface area contributed by atoms with Crippen molar-refractivity contribution in [1.29, 1.82) is 0 Å². The topological polar surface area (TPSA) is 67.9 Å². The number of nitrogens with zero attached hydrogens (tertiary/aromatic N) is 1. The predicted octanol–water partition coefficient (Wildman–Crippen LogP) is 3.61. The molecule has 1 heterocycles. The van der Waals surface area contributed by atoms with E-state index in [1.807, 2.05) is 51.1 Å². The maximum atomic E-state index is 13.2. The lowest BCUT2D eigenvalue weighted by Crippen LogP contribution is -2.38. The molecule has 0 aliphatic carbocycles. The van der Waals surface area contributed by atoms with Gasteiger partial charge in [0.2, 0.25) is 0 Å². The lowest BCUT2D eigenvalue weighted by atomic mass is 10.0. The van der Waals surface area contributed by atoms with Gasteiger partial charge in [-0.1, -0.05) is 24.3 Å². The van der Waals surface area contributed by atoms with Gasteiger partial charge in [0.15, 0.2) is 0 Å². The molecule has 0 spiro atoms. The zero-order chi connectivity index (χ0) is 20.4. The number of para-hydroxylation sites is 1. The van der Waals surface area contributed by atoms with Crippen LogP contribution in [0.2, 0.25) is 0 Å². The summed E-state index contributed by atoms with van der Waals surface area (Å²) >= 11 is 0. The molecule has 0 fully saturated rings. The molecular formula is C22H24N2O4. The van der Waals surface area contributed by atoms with Gasteiger partial charge in [0.1, 0.15) is 17.2 Å². The molecule has 2 aromatic rings. The molecule has 146 valence electrons. The quantitative estimate of drug-likeness (QED) is 0.776. The molecule has 2 amide bonds. The van der Waals surface area contributed by atoms with Crippen LogP contribution in [0, 0.1) is 6.92 Å². The van der Waals surface area contributed by atoms with E-state index in [9.17, 15) is 9.59 Å². The van der Waals surface area contributed by atoms with Crippen molar-refractivity contribution in [2.24, 2.45) is 0 Å². The number of imide groups is 1. The first-order chi connectivity index (χ1) is 13.4. The van der Waals surface area contributed by atoms with E-state index >= 15 is 0 Å². The normalized spacial score (nSPS) is 14.1. The van der Waals surface area contributed by atoms with Crippen LogP contribution in [0.25, 0.3) is 5.57 Å². The highest BCUT2D eigenvalue weighted by molar-refractivity contribution is 6.37. The molecule has 0 saturated heterocycles. The Morgan fingerprint density at radius 3 is 2.25 bits per heavy atom. The standard InChI is InChI=1S/C22H24N2O4/c1-13(2)24-21(25)19(15-8-6-7-9-17(15)27-4)20(22(24)26)23-16-12-14(3)10-11-18(16)28-5/h6-13,23H,1-5H3. The molecule has 0 aromatic heterocycles. The first-order valence-electron chi connectivity index (χ1n) is 9.06. The van der Waals surface area contributed by atoms with E-state index in [1.54, 1.807) is 19.2 Å². The Morgan fingerprint density at radius 1 is 0.929 bits per heavy atom. The fourth-order valence-electron chi connectivity index (χ4n) is 3.29. The third kappa shape index (κ3) is 3.33. The highest BCUT2D eigenvalue weighted by Crippen LogP contribution is 2.37. The highest BCUT2D eigenvalue weighted by Gasteiger charge is 2.41. The van der Waals surface area contributed by atoms with Crippen LogP contribution in [0.15, 0.2) is 48.2 Å². The Labute approximate surface area is 164 Å². The molecule has 1 aliphatic rings. The number of carbonyl (C=O) groups excluding carboxylic acids is 2. The molecule has 0 unspecified atom stereocenters. The first-order valence-corrected chi connectivity index (χ1v) is 9.06. The maximum Gasteiger partial charge on any atom is 0.278 e. The van der Waals surface area contributed by atoms with Gasteiger partial charge in [-0.05, 0) is 44.5 Å². The Balaban J connectivity index is 2.20. The van der Waals surface area contributed by atoms with Crippen molar-refractivity contribution in [2.45, 2.75) is 26.8 Å². The Bertz CT molecular complexity index is 963. The number of carbonyl (C=O) groups is 2. The van der Waals surface area contributed by atoms with E-state index in [2.05, 4.69) is 5.32 Å². The molecule has 3 rings (SSSR count). The van der Waals surface area contributed by atoms with Crippen molar-refractivity contribution in [3.63, 3.8) is 0 Å². The van der Waals surface area contributed by atoms with Crippen LogP contribution in [0.4, 0.5) is 5.69 Å². The number of amides is 2. The minimum atomic E-state index is -0.371. The number of nitrogens with one attached hydrogen (secondary N) is 1. The van der Waals surface area contributed by atoms with Gasteiger partial charge in [-0.3, -0.25) is 14.5 Å². The summed E-state index contributed by atoms with van der Waals surface area (Å²) < 4.78 is 10.8. The second kappa shape index (κ2) is 7.76. The van der Waals surface area contributed by atoms with Crippen LogP contribution >= 0.6 is 0 Å². The van der Waals surface area contributed by atoms with Crippen LogP contribution in [-0.2, 0) is 9.59 Å². The Morgan fingerprint density at radius 2 is 1.61 bits per heavy atom. The second-order valence-electron chi connectivity index (χ2n) is 6.85. The van der Waals surface area contributed by atoms with Gasteiger partial charge in [0.05, 0.1) is 25.5 Å². The van der Waals surface area contributed by atoms with E-state index < -0.39 is 0 Å². The smallest absolute Gasteiger partial charge is 0.278 e. The zero-order valence-corrected chi connectivity index (χ0v) is 16.7. The molecule has 0 saturated carbocycles. The van der Waals surface area contributed by atoms with Gasteiger partial charge < -0.3 is 14.8 Å². The highest BCUT2D eigenvalue weighted by atomic mass is 16.5. The first kappa shape index (κ1) is 19.5. The molecule has 6 nitrogen and oxygen atoms in total. The summed E-state index contributed by atoms with van der Waals surface area (Å²) in [5.74, 6) is 0.392. The maximum absolute atomic E-state index is 13.2. The van der Waals surface area contributed by atoms with Gasteiger partial charge in [0, 0.05) is 11.6 Å². The molecule has 1 aliphatic heterocycles. The summed E-state index contributed by atoms with van der Waals surface area (Å²) in [6.45, 7) is 5.57. The summed E-state index contributed by atoms with van der Waals surface area (Å²) in [5, 5.41) is 3.15. The van der Waals surface area contributed by atoms with Crippen molar-refractivity contribution >= 4 is 23.1 Å². The average Bonchev–Trinajstić information content (AvgIpc) is 2.91. The number of anilines is 1. The summed E-state index contributed by atoms with van der Waals surface area (Å²) in [6.07, 6.45) is 0. The minimum absolute atomic E-state index is 0.215. The van der Waals surface area contributed by atoms with Crippen molar-refractivity contribution in [3.8, 4) is 11.5 Å². The molecule has 1 N–H and O–H groups in total. The van der Waals surface area contributed by atoms with E-state index in [0.717, 1.165) is 5.56 Å². The molecule has 2 aromatic carbocycles. The number of aryl methyl sites for hydroxylation is 1. The van der Waals surface area contributed by atoms with Crippen molar-refractivity contribution in [3.05, 3.63) is 59.3 Å². The predicted molar refractivity (Wildman–Crippen MR) is 108 cm³/mol. The van der Waals surface area contributed by atoms with Crippen LogP contribution in [-0.4, -0.2) is 37.0 Å². The second-order valence-corrected chi connectivity index (χ2v) is 6.85. The van der Waals surface area contributed by atoms with E-state index in [-0.39, 0.29) is 23.6 Å². The monoisotopic (exact) mass is 380 g/mol. The van der Waals surface area contributed by atoms with Crippen molar-refractivity contribution in [2.75, 3.05) is 19.5 Å². The molecule has 28 heavy (non-hydrogen) atoms. The largest absolute Gasteiger partial charge is 0.496 e. The van der Waals surface area contributed by atoms with Gasteiger partial charge in [0.25, 0.3) is 11.8 Å². The van der Waals surface area contributed by atoms with E-state index in [4.69, 9.17) is 9.47 Å². The number of methoxy groups -OCH3 is 2. The number of benzene rings is 2. The molecule has 0 radical (unpaired) electrons. The lowest BCUT2D eigenvalue weighted by molar-refractivity contribution is -0.138. The molecule has 0 atom stereocenters. The summed E-state index contributed by atoms with van der Waals surface area (Å²) in [5.41, 5.74) is 2.70. The summed E-state index contributed by atoms with van der Waals surface area (Å²) in [6, 6.07) is 12.5. The fourth-order valence-corrected chi connectivity index (χ4v) is 3.29. The van der Waals surface area contributed by atoms with Crippen LogP contribution in [0.5, 0.6) is 11.5 Å². The zero-order valence-electron chi connectivity index (χ0n) is 16.7.